The lowest BCUT2D eigenvalue weighted by Crippen LogP contribution is -2.52. The quantitative estimate of drug-likeness (QED) is 0.234. The highest BCUT2D eigenvalue weighted by Crippen LogP contribution is 2.67. The smallest absolute Gasteiger partial charge is 0.135 e. The Bertz CT molecular complexity index is 561. The fraction of sp³-hybridized carbons (Fsp3) is 0.960. The van der Waals surface area contributed by atoms with E-state index < -0.39 is 0 Å². The average Bonchev–Trinajstić information content (AvgIpc) is 3.08. The standard InChI is InChI=1S/C23H42N4.C2H6/c1-22-14-4-3-6-16(22)9-11-18-19-12-10-17(7-5-8-21(26-24)27-25)23(19,2)15-13-20(18)22;1-2/h16-20H,3-15,24-25H2,1-2H3,(H,26,27);1-2H3. The molecular weight excluding hydrogens is 356 g/mol. The Balaban J connectivity index is 0.00000117. The predicted octanol–water partition coefficient (Wildman–Crippen LogP) is 5.97. The Morgan fingerprint density at radius 3 is 2.41 bits per heavy atom. The fourth-order valence-corrected chi connectivity index (χ4v) is 8.57. The van der Waals surface area contributed by atoms with Crippen molar-refractivity contribution < 1.29 is 0 Å². The summed E-state index contributed by atoms with van der Waals surface area (Å²) in [6.45, 7) is 9.34. The highest BCUT2D eigenvalue weighted by molar-refractivity contribution is 5.81. The molecule has 4 nitrogen and oxygen atoms in total. The van der Waals surface area contributed by atoms with E-state index in [2.05, 4.69) is 24.4 Å². The first kappa shape index (κ1) is 22.9. The largest absolute Gasteiger partial charge is 0.322 e. The van der Waals surface area contributed by atoms with Gasteiger partial charge in [-0.3, -0.25) is 0 Å². The predicted molar refractivity (Wildman–Crippen MR) is 124 cm³/mol. The summed E-state index contributed by atoms with van der Waals surface area (Å²) in [5, 5.41) is 3.75. The third kappa shape index (κ3) is 4.07. The minimum atomic E-state index is 0.579. The molecule has 29 heavy (non-hydrogen) atoms. The van der Waals surface area contributed by atoms with E-state index in [1.165, 1.54) is 70.6 Å². The molecule has 0 amide bonds. The minimum Gasteiger partial charge on any atom is -0.322 e. The molecule has 4 aliphatic rings. The van der Waals surface area contributed by atoms with Crippen LogP contribution in [-0.2, 0) is 0 Å². The molecule has 0 aliphatic heterocycles. The zero-order valence-corrected chi connectivity index (χ0v) is 19.7. The van der Waals surface area contributed by atoms with Gasteiger partial charge in [0, 0.05) is 6.42 Å². The molecule has 7 atom stereocenters. The summed E-state index contributed by atoms with van der Waals surface area (Å²) in [6.07, 6.45) is 18.3. The van der Waals surface area contributed by atoms with Crippen LogP contribution in [-0.4, -0.2) is 5.84 Å². The van der Waals surface area contributed by atoms with Crippen LogP contribution in [0, 0.1) is 40.4 Å². The second kappa shape index (κ2) is 9.58. The van der Waals surface area contributed by atoms with Gasteiger partial charge >= 0.3 is 0 Å². The van der Waals surface area contributed by atoms with Crippen molar-refractivity contribution in [2.75, 3.05) is 0 Å². The van der Waals surface area contributed by atoms with Crippen molar-refractivity contribution >= 4 is 5.84 Å². The number of hydrogen-bond acceptors (Lipinski definition) is 3. The summed E-state index contributed by atoms with van der Waals surface area (Å²) < 4.78 is 0. The maximum Gasteiger partial charge on any atom is 0.135 e. The van der Waals surface area contributed by atoms with E-state index in [-0.39, 0.29) is 0 Å². The van der Waals surface area contributed by atoms with Crippen molar-refractivity contribution in [3.05, 3.63) is 0 Å². The summed E-state index contributed by atoms with van der Waals surface area (Å²) in [5.41, 5.74) is 3.88. The maximum atomic E-state index is 5.49. The van der Waals surface area contributed by atoms with Crippen molar-refractivity contribution in [1.82, 2.24) is 5.43 Å². The molecular formula is C25H48N4. The first-order valence-corrected chi connectivity index (χ1v) is 12.8. The molecule has 0 saturated heterocycles. The van der Waals surface area contributed by atoms with Gasteiger partial charge in [0.2, 0.25) is 0 Å². The number of hydrogen-bond donors (Lipinski definition) is 3. The van der Waals surface area contributed by atoms with Crippen molar-refractivity contribution in [2.24, 2.45) is 57.2 Å². The van der Waals surface area contributed by atoms with Crippen molar-refractivity contribution in [3.63, 3.8) is 0 Å². The molecule has 0 bridgehead atoms. The van der Waals surface area contributed by atoms with Gasteiger partial charge in [0.05, 0.1) is 0 Å². The molecule has 5 N–H and O–H groups in total. The van der Waals surface area contributed by atoms with Crippen LogP contribution in [0.5, 0.6) is 0 Å². The van der Waals surface area contributed by atoms with Crippen LogP contribution in [0.15, 0.2) is 5.10 Å². The number of fused-ring (bicyclic) bond motifs is 5. The zero-order valence-electron chi connectivity index (χ0n) is 19.7. The Kier molecular flexibility index (Phi) is 7.56. The summed E-state index contributed by atoms with van der Waals surface area (Å²) in [5.74, 6) is 16.6. The van der Waals surface area contributed by atoms with Crippen LogP contribution in [0.4, 0.5) is 0 Å². The molecule has 0 spiro atoms. The van der Waals surface area contributed by atoms with Gasteiger partial charge in [-0.25, -0.2) is 5.84 Å². The highest BCUT2D eigenvalue weighted by Gasteiger charge is 2.59. The summed E-state index contributed by atoms with van der Waals surface area (Å²) >= 11 is 0. The van der Waals surface area contributed by atoms with Crippen LogP contribution < -0.4 is 17.1 Å². The van der Waals surface area contributed by atoms with Crippen LogP contribution in [0.2, 0.25) is 0 Å². The molecule has 0 heterocycles. The molecule has 4 heteroatoms. The first-order valence-electron chi connectivity index (χ1n) is 12.8. The molecule has 0 radical (unpaired) electrons. The Hall–Kier alpha value is -0.770. The van der Waals surface area contributed by atoms with Crippen LogP contribution in [0.25, 0.3) is 0 Å². The maximum absolute atomic E-state index is 5.49. The Morgan fingerprint density at radius 2 is 1.69 bits per heavy atom. The third-order valence-corrected chi connectivity index (χ3v) is 10.1. The number of nitrogens with two attached hydrogens (primary N) is 2. The molecule has 4 rings (SSSR count). The van der Waals surface area contributed by atoms with E-state index in [9.17, 15) is 0 Å². The van der Waals surface area contributed by atoms with Gasteiger partial charge in [-0.15, -0.1) is 0 Å². The van der Waals surface area contributed by atoms with Crippen molar-refractivity contribution in [3.8, 4) is 0 Å². The first-order chi connectivity index (χ1) is 14.0. The van der Waals surface area contributed by atoms with E-state index in [4.69, 9.17) is 11.7 Å². The second-order valence-corrected chi connectivity index (χ2v) is 10.8. The van der Waals surface area contributed by atoms with E-state index in [1.54, 1.807) is 0 Å². The number of hydrazone groups is 1. The average molecular weight is 405 g/mol. The second-order valence-electron chi connectivity index (χ2n) is 10.8. The van der Waals surface area contributed by atoms with Gasteiger partial charge in [0.15, 0.2) is 0 Å². The van der Waals surface area contributed by atoms with Crippen molar-refractivity contribution in [2.45, 2.75) is 111 Å². The summed E-state index contributed by atoms with van der Waals surface area (Å²) in [6, 6.07) is 0. The van der Waals surface area contributed by atoms with Gasteiger partial charge < -0.3 is 11.3 Å². The van der Waals surface area contributed by atoms with Gasteiger partial charge in [-0.1, -0.05) is 40.5 Å². The van der Waals surface area contributed by atoms with Gasteiger partial charge in [0.1, 0.15) is 5.84 Å². The number of nitrogens with zero attached hydrogens (tertiary/aromatic N) is 1. The molecule has 7 unspecified atom stereocenters. The van der Waals surface area contributed by atoms with Crippen molar-refractivity contribution in [1.29, 1.82) is 0 Å². The highest BCUT2D eigenvalue weighted by atomic mass is 15.3. The van der Waals surface area contributed by atoms with Gasteiger partial charge in [0.25, 0.3) is 0 Å². The zero-order chi connectivity index (χ0) is 21.1. The minimum absolute atomic E-state index is 0.579. The SMILES string of the molecule is CC.CC12CCCCC1CCC1C2CCC2(C)C(CCC/C(=N/N)NN)CCC12. The van der Waals surface area contributed by atoms with E-state index in [0.29, 0.717) is 10.8 Å². The van der Waals surface area contributed by atoms with Gasteiger partial charge in [-0.2, -0.15) is 5.10 Å². The monoisotopic (exact) mass is 404 g/mol. The Morgan fingerprint density at radius 1 is 0.931 bits per heavy atom. The topological polar surface area (TPSA) is 76.4 Å². The van der Waals surface area contributed by atoms with Crippen LogP contribution in [0.1, 0.15) is 111 Å². The molecule has 4 saturated carbocycles. The number of nitrogens with one attached hydrogen (secondary N) is 1. The number of amidine groups is 1. The fourth-order valence-electron chi connectivity index (χ4n) is 8.57. The lowest BCUT2D eigenvalue weighted by molar-refractivity contribution is -0.111. The molecule has 0 aromatic carbocycles. The molecule has 168 valence electrons. The summed E-state index contributed by atoms with van der Waals surface area (Å²) in [7, 11) is 0. The summed E-state index contributed by atoms with van der Waals surface area (Å²) in [4.78, 5) is 0. The van der Waals surface area contributed by atoms with E-state index in [1.807, 2.05) is 13.8 Å². The lowest BCUT2D eigenvalue weighted by atomic mass is 9.45. The Labute approximate surface area is 180 Å². The molecule has 0 aromatic rings. The lowest BCUT2D eigenvalue weighted by Gasteiger charge is -2.60. The number of hydrazine groups is 1. The van der Waals surface area contributed by atoms with Crippen LogP contribution >= 0.6 is 0 Å². The molecule has 4 aliphatic carbocycles. The van der Waals surface area contributed by atoms with E-state index >= 15 is 0 Å². The van der Waals surface area contributed by atoms with E-state index in [0.717, 1.165) is 48.3 Å². The third-order valence-electron chi connectivity index (χ3n) is 10.1. The van der Waals surface area contributed by atoms with Gasteiger partial charge in [-0.05, 0) is 105 Å². The molecule has 0 aromatic heterocycles. The van der Waals surface area contributed by atoms with Crippen LogP contribution in [0.3, 0.4) is 0 Å². The number of rotatable bonds is 4. The molecule has 4 fully saturated rings. The normalized spacial score (nSPS) is 44.0.